The number of thiol groups is 10. The summed E-state index contributed by atoms with van der Waals surface area (Å²) in [5.74, 6) is 1.47. The first kappa shape index (κ1) is 33.1. The Morgan fingerprint density at radius 3 is 1.78 bits per heavy atom. The molecular weight excluding hydrogens is 665 g/mol. The molecular formula is C18H34S14. The number of thioether (sulfide) groups is 4. The largest absolute Gasteiger partial charge is 0.178 e. The maximum Gasteiger partial charge on any atom is 0.0643 e. The minimum Gasteiger partial charge on any atom is -0.178 e. The number of rotatable bonds is 14. The summed E-state index contributed by atoms with van der Waals surface area (Å²) in [7, 11) is 0. The lowest BCUT2D eigenvalue weighted by Crippen LogP contribution is -2.53. The molecule has 0 spiro atoms. The van der Waals surface area contributed by atoms with Crippen molar-refractivity contribution in [3.63, 3.8) is 0 Å². The summed E-state index contributed by atoms with van der Waals surface area (Å²) >= 11 is 55.6. The zero-order valence-electron chi connectivity index (χ0n) is 17.3. The van der Waals surface area contributed by atoms with Crippen LogP contribution in [-0.4, -0.2) is 78.3 Å². The second-order valence-corrected chi connectivity index (χ2v) is 19.8. The summed E-state index contributed by atoms with van der Waals surface area (Å²) < 4.78 is 0.293. The average molecular weight is 699 g/mol. The van der Waals surface area contributed by atoms with Crippen molar-refractivity contribution in [1.82, 2.24) is 0 Å². The van der Waals surface area contributed by atoms with Gasteiger partial charge in [-0.1, -0.05) is 0 Å². The molecule has 2 fully saturated rings. The maximum atomic E-state index is 5.13. The molecule has 0 heterocycles. The monoisotopic (exact) mass is 698 g/mol. The van der Waals surface area contributed by atoms with Crippen molar-refractivity contribution in [2.45, 2.75) is 75.8 Å². The van der Waals surface area contributed by atoms with E-state index in [0.717, 1.165) is 40.9 Å². The fourth-order valence-corrected chi connectivity index (χ4v) is 17.2. The number of hydrogen-bond donors (Lipinski definition) is 10. The Bertz CT molecular complexity index is 546. The SMILES string of the molecule is SCSC(SC1C(S)CC(S)C1SC(C(S)CS)C1(S)CC(S)C1)C(SCS)C(S)CS. The highest BCUT2D eigenvalue weighted by atomic mass is 32.2. The zero-order valence-corrected chi connectivity index (χ0v) is 29.5. The van der Waals surface area contributed by atoms with Crippen LogP contribution in [0.4, 0.5) is 0 Å². The quantitative estimate of drug-likeness (QED) is 0.0724. The first-order valence-corrected chi connectivity index (χ1v) is 19.8. The molecule has 0 bridgehead atoms. The van der Waals surface area contributed by atoms with Gasteiger partial charge < -0.3 is 0 Å². The van der Waals surface area contributed by atoms with Crippen molar-refractivity contribution >= 4 is 173 Å². The summed E-state index contributed by atoms with van der Waals surface area (Å²) in [5.41, 5.74) is 0. The molecule has 2 rings (SSSR count). The van der Waals surface area contributed by atoms with Gasteiger partial charge in [0.2, 0.25) is 0 Å². The molecule has 190 valence electrons. The van der Waals surface area contributed by atoms with Crippen LogP contribution in [0.15, 0.2) is 0 Å². The molecule has 9 atom stereocenters. The van der Waals surface area contributed by atoms with Crippen LogP contribution in [0.3, 0.4) is 0 Å². The molecule has 32 heavy (non-hydrogen) atoms. The highest BCUT2D eigenvalue weighted by Gasteiger charge is 2.52. The van der Waals surface area contributed by atoms with E-state index >= 15 is 0 Å². The molecule has 0 saturated heterocycles. The van der Waals surface area contributed by atoms with Gasteiger partial charge in [-0.25, -0.2) is 0 Å². The van der Waals surface area contributed by atoms with Gasteiger partial charge in [0.05, 0.1) is 4.58 Å². The normalized spacial score (nSPS) is 37.5. The summed E-state index contributed by atoms with van der Waals surface area (Å²) in [6, 6.07) is 0. The van der Waals surface area contributed by atoms with Gasteiger partial charge in [-0.15, -0.1) is 35.3 Å². The topological polar surface area (TPSA) is 0 Å². The van der Waals surface area contributed by atoms with Crippen LogP contribution < -0.4 is 0 Å². The van der Waals surface area contributed by atoms with E-state index < -0.39 is 0 Å². The first-order valence-electron chi connectivity index (χ1n) is 10.2. The van der Waals surface area contributed by atoms with Crippen LogP contribution >= 0.6 is 173 Å². The van der Waals surface area contributed by atoms with Gasteiger partial charge in [0.25, 0.3) is 0 Å². The molecule has 0 nitrogen and oxygen atoms in total. The van der Waals surface area contributed by atoms with Crippen molar-refractivity contribution < 1.29 is 0 Å². The van der Waals surface area contributed by atoms with Gasteiger partial charge >= 0.3 is 0 Å². The van der Waals surface area contributed by atoms with E-state index in [0.29, 0.717) is 41.3 Å². The van der Waals surface area contributed by atoms with Crippen LogP contribution in [0.2, 0.25) is 0 Å². The van der Waals surface area contributed by atoms with Gasteiger partial charge in [-0.3, -0.25) is 0 Å². The molecule has 0 aliphatic heterocycles. The van der Waals surface area contributed by atoms with Crippen LogP contribution in [0.25, 0.3) is 0 Å². The van der Waals surface area contributed by atoms with Crippen molar-refractivity contribution in [3.05, 3.63) is 0 Å². The third-order valence-electron chi connectivity index (χ3n) is 5.74. The van der Waals surface area contributed by atoms with Gasteiger partial charge in [0, 0.05) is 73.7 Å². The third kappa shape index (κ3) is 8.96. The lowest BCUT2D eigenvalue weighted by Gasteiger charge is -2.50. The van der Waals surface area contributed by atoms with Crippen molar-refractivity contribution in [1.29, 1.82) is 0 Å². The van der Waals surface area contributed by atoms with Gasteiger partial charge in [-0.05, 0) is 19.3 Å². The fraction of sp³-hybridized carbons (Fsp3) is 1.00. The molecule has 0 amide bonds. The Labute approximate surface area is 267 Å². The van der Waals surface area contributed by atoms with E-state index in [4.69, 9.17) is 63.1 Å². The standard InChI is InChI=1S/C18H34S14/c19-4-11(26)15(29-6-21)17(30-7-22)32-14-10(25)1-9(24)13(14)31-16(12(27)5-20)18(28)2-8(23)3-18/h8-17,19-28H,1-7H2. The molecule has 9 unspecified atom stereocenters. The van der Waals surface area contributed by atoms with Crippen molar-refractivity contribution in [2.75, 3.05) is 21.7 Å². The Balaban J connectivity index is 2.23. The Hall–Kier alpha value is 4.90. The highest BCUT2D eigenvalue weighted by Crippen LogP contribution is 2.55. The lowest BCUT2D eigenvalue weighted by molar-refractivity contribution is 0.369. The maximum absolute atomic E-state index is 5.13. The van der Waals surface area contributed by atoms with Crippen LogP contribution in [0.5, 0.6) is 0 Å². The van der Waals surface area contributed by atoms with Gasteiger partial charge in [0.1, 0.15) is 0 Å². The van der Waals surface area contributed by atoms with E-state index in [1.54, 1.807) is 0 Å². The van der Waals surface area contributed by atoms with E-state index in [1.807, 2.05) is 47.0 Å². The van der Waals surface area contributed by atoms with Crippen LogP contribution in [-0.2, 0) is 0 Å². The summed E-state index contributed by atoms with van der Waals surface area (Å²) in [6.45, 7) is 0. The van der Waals surface area contributed by atoms with Crippen molar-refractivity contribution in [2.24, 2.45) is 0 Å². The van der Waals surface area contributed by atoms with E-state index in [-0.39, 0.29) is 15.2 Å². The molecule has 0 radical (unpaired) electrons. The molecule has 2 saturated carbocycles. The lowest BCUT2D eigenvalue weighted by atomic mass is 9.79. The Morgan fingerprint density at radius 2 is 1.31 bits per heavy atom. The van der Waals surface area contributed by atoms with Gasteiger partial charge in [0.15, 0.2) is 0 Å². The Kier molecular flexibility index (Phi) is 16.8. The molecule has 14 heteroatoms. The van der Waals surface area contributed by atoms with E-state index in [1.165, 1.54) is 0 Å². The van der Waals surface area contributed by atoms with Crippen LogP contribution in [0.1, 0.15) is 19.3 Å². The first-order chi connectivity index (χ1) is 15.1. The summed E-state index contributed by atoms with van der Waals surface area (Å²) in [5, 5.41) is 4.29. The van der Waals surface area contributed by atoms with Gasteiger partial charge in [-0.2, -0.15) is 138 Å². The average Bonchev–Trinajstić information content (AvgIpc) is 2.99. The molecule has 0 aromatic heterocycles. The second kappa shape index (κ2) is 16.2. The highest BCUT2D eigenvalue weighted by molar-refractivity contribution is 8.22. The summed E-state index contributed by atoms with van der Waals surface area (Å²) in [6.07, 6.45) is 3.02. The molecule has 0 N–H and O–H groups in total. The molecule has 0 aromatic carbocycles. The predicted molar refractivity (Wildman–Crippen MR) is 194 cm³/mol. The van der Waals surface area contributed by atoms with Crippen molar-refractivity contribution in [3.8, 4) is 0 Å². The molecule has 2 aliphatic carbocycles. The number of hydrogen-bond acceptors (Lipinski definition) is 14. The summed E-state index contributed by atoms with van der Waals surface area (Å²) in [4.78, 5) is 0. The Morgan fingerprint density at radius 1 is 0.781 bits per heavy atom. The molecule has 0 aromatic rings. The second-order valence-electron chi connectivity index (χ2n) is 8.08. The van der Waals surface area contributed by atoms with E-state index in [9.17, 15) is 0 Å². The third-order valence-corrected chi connectivity index (χ3v) is 18.7. The molecule has 2 aliphatic rings. The minimum absolute atomic E-state index is 0.0461. The smallest absolute Gasteiger partial charge is 0.0643 e. The van der Waals surface area contributed by atoms with Crippen LogP contribution in [0, 0.1) is 0 Å². The predicted octanol–water partition coefficient (Wildman–Crippen LogP) is 6.71. The zero-order chi connectivity index (χ0) is 24.1. The fourth-order valence-electron chi connectivity index (χ4n) is 4.12. The van der Waals surface area contributed by atoms with E-state index in [2.05, 4.69) is 63.1 Å². The minimum atomic E-state index is -0.0461.